The van der Waals surface area contributed by atoms with Crippen molar-refractivity contribution < 1.29 is 9.47 Å². The van der Waals surface area contributed by atoms with E-state index in [1.54, 1.807) is 7.11 Å². The highest BCUT2D eigenvalue weighted by Crippen LogP contribution is 2.22. The molecule has 0 unspecified atom stereocenters. The van der Waals surface area contributed by atoms with Gasteiger partial charge < -0.3 is 14.8 Å². The van der Waals surface area contributed by atoms with E-state index in [1.807, 2.05) is 18.2 Å². The summed E-state index contributed by atoms with van der Waals surface area (Å²) < 4.78 is 11.5. The summed E-state index contributed by atoms with van der Waals surface area (Å²) in [7, 11) is 1.67. The van der Waals surface area contributed by atoms with E-state index in [0.717, 1.165) is 23.3 Å². The summed E-state index contributed by atoms with van der Waals surface area (Å²) in [6.45, 7) is 2.86. The molecule has 0 bridgehead atoms. The van der Waals surface area contributed by atoms with E-state index < -0.39 is 0 Å². The van der Waals surface area contributed by atoms with E-state index in [-0.39, 0.29) is 0 Å². The van der Waals surface area contributed by atoms with Crippen molar-refractivity contribution in [3.8, 4) is 5.75 Å². The Hall–Kier alpha value is -0.290. The average Bonchev–Trinajstić information content (AvgIpc) is 2.35. The Morgan fingerprint density at radius 3 is 2.88 bits per heavy atom. The van der Waals surface area contributed by atoms with Gasteiger partial charge in [0.25, 0.3) is 0 Å². The van der Waals surface area contributed by atoms with Crippen molar-refractivity contribution in [2.24, 2.45) is 0 Å². The van der Waals surface area contributed by atoms with Crippen molar-refractivity contribution in [1.29, 1.82) is 0 Å². The maximum atomic E-state index is 5.50. The van der Waals surface area contributed by atoms with E-state index in [1.165, 1.54) is 5.56 Å². The Bertz CT molecular complexity index is 336. The number of hydrogen-bond acceptors (Lipinski definition) is 3. The molecule has 0 radical (unpaired) electrons. The predicted molar refractivity (Wildman–Crippen MR) is 73.9 cm³/mol. The van der Waals surface area contributed by atoms with Gasteiger partial charge in [0.15, 0.2) is 0 Å². The normalized spacial score (nSPS) is 10.5. The quantitative estimate of drug-likeness (QED) is 0.590. The molecule has 0 aliphatic heterocycles. The molecule has 1 aromatic rings. The lowest BCUT2D eigenvalue weighted by molar-refractivity contribution is 0.151. The fourth-order valence-corrected chi connectivity index (χ4v) is 1.83. The number of benzene rings is 1. The smallest absolute Gasteiger partial charge is 0.119 e. The Labute approximate surface area is 116 Å². The first-order valence-electron chi connectivity index (χ1n) is 5.44. The van der Waals surface area contributed by atoms with Gasteiger partial charge in [-0.1, -0.05) is 15.9 Å². The van der Waals surface area contributed by atoms with Crippen LogP contribution in [0.1, 0.15) is 5.56 Å². The molecule has 17 heavy (non-hydrogen) atoms. The van der Waals surface area contributed by atoms with Crippen LogP contribution in [-0.2, 0) is 11.3 Å². The Kier molecular flexibility index (Phi) is 7.60. The summed E-state index contributed by atoms with van der Waals surface area (Å²) in [6.07, 6.45) is 0. The van der Waals surface area contributed by atoms with Crippen LogP contribution in [0.5, 0.6) is 5.75 Å². The molecule has 0 aliphatic carbocycles. The van der Waals surface area contributed by atoms with E-state index in [2.05, 4.69) is 21.2 Å². The van der Waals surface area contributed by atoms with Gasteiger partial charge in [-0.3, -0.25) is 0 Å². The molecule has 5 heteroatoms. The van der Waals surface area contributed by atoms with Crippen LogP contribution in [0.25, 0.3) is 0 Å². The second-order valence-electron chi connectivity index (χ2n) is 3.44. The van der Waals surface area contributed by atoms with Crippen molar-refractivity contribution >= 4 is 27.5 Å². The second-order valence-corrected chi connectivity index (χ2v) is 4.67. The maximum Gasteiger partial charge on any atom is 0.119 e. The molecule has 0 aromatic heterocycles. The summed E-state index contributed by atoms with van der Waals surface area (Å²) in [5.41, 5.74) is 1.17. The highest BCUT2D eigenvalue weighted by Gasteiger charge is 2.01. The minimum atomic E-state index is 0.543. The van der Waals surface area contributed by atoms with Crippen LogP contribution >= 0.6 is 27.5 Å². The SMILES string of the molecule is COc1ccc(Br)c(CNCCOCCCl)c1. The largest absolute Gasteiger partial charge is 0.497 e. The fourth-order valence-electron chi connectivity index (χ4n) is 1.34. The van der Waals surface area contributed by atoms with Crippen LogP contribution < -0.4 is 10.1 Å². The zero-order valence-corrected chi connectivity index (χ0v) is 12.2. The maximum absolute atomic E-state index is 5.50. The van der Waals surface area contributed by atoms with Crippen molar-refractivity contribution in [3.63, 3.8) is 0 Å². The zero-order valence-electron chi connectivity index (χ0n) is 9.84. The summed E-state index contributed by atoms with van der Waals surface area (Å²) in [5.74, 6) is 1.41. The standard InChI is InChI=1S/C12H17BrClNO2/c1-16-11-2-3-12(13)10(8-11)9-15-5-7-17-6-4-14/h2-3,8,15H,4-7,9H2,1H3. The number of halogens is 2. The fraction of sp³-hybridized carbons (Fsp3) is 0.500. The Morgan fingerprint density at radius 2 is 2.18 bits per heavy atom. The average molecular weight is 323 g/mol. The van der Waals surface area contributed by atoms with E-state index in [9.17, 15) is 0 Å². The molecule has 1 rings (SSSR count). The van der Waals surface area contributed by atoms with Crippen LogP contribution in [0, 0.1) is 0 Å². The van der Waals surface area contributed by atoms with Crippen molar-refractivity contribution in [2.75, 3.05) is 32.7 Å². The van der Waals surface area contributed by atoms with Crippen molar-refractivity contribution in [1.82, 2.24) is 5.32 Å². The minimum absolute atomic E-state index is 0.543. The third-order valence-electron chi connectivity index (χ3n) is 2.21. The van der Waals surface area contributed by atoms with Crippen LogP contribution in [0.3, 0.4) is 0 Å². The topological polar surface area (TPSA) is 30.5 Å². The first-order chi connectivity index (χ1) is 8.27. The highest BCUT2D eigenvalue weighted by molar-refractivity contribution is 9.10. The van der Waals surface area contributed by atoms with Gasteiger partial charge in [0.1, 0.15) is 5.75 Å². The molecule has 0 saturated carbocycles. The number of methoxy groups -OCH3 is 1. The molecule has 0 fully saturated rings. The number of hydrogen-bond donors (Lipinski definition) is 1. The van der Waals surface area contributed by atoms with E-state index >= 15 is 0 Å². The molecule has 1 N–H and O–H groups in total. The highest BCUT2D eigenvalue weighted by atomic mass is 79.9. The zero-order chi connectivity index (χ0) is 12.5. The second kappa shape index (κ2) is 8.75. The van der Waals surface area contributed by atoms with Crippen molar-refractivity contribution in [3.05, 3.63) is 28.2 Å². The van der Waals surface area contributed by atoms with Gasteiger partial charge in [0.05, 0.1) is 20.3 Å². The first-order valence-corrected chi connectivity index (χ1v) is 6.77. The molecule has 0 atom stereocenters. The van der Waals surface area contributed by atoms with Crippen LogP contribution in [-0.4, -0.2) is 32.7 Å². The summed E-state index contributed by atoms with van der Waals surface area (Å²) >= 11 is 9.01. The van der Waals surface area contributed by atoms with Gasteiger partial charge in [0.2, 0.25) is 0 Å². The molecule has 0 heterocycles. The third kappa shape index (κ3) is 5.73. The van der Waals surface area contributed by atoms with E-state index in [4.69, 9.17) is 21.1 Å². The van der Waals surface area contributed by atoms with Gasteiger partial charge in [-0.2, -0.15) is 0 Å². The number of alkyl halides is 1. The van der Waals surface area contributed by atoms with Crippen molar-refractivity contribution in [2.45, 2.75) is 6.54 Å². The number of ether oxygens (including phenoxy) is 2. The van der Waals surface area contributed by atoms with Crippen LogP contribution in [0.4, 0.5) is 0 Å². The minimum Gasteiger partial charge on any atom is -0.497 e. The molecule has 96 valence electrons. The summed E-state index contributed by atoms with van der Waals surface area (Å²) in [4.78, 5) is 0. The third-order valence-corrected chi connectivity index (χ3v) is 3.14. The van der Waals surface area contributed by atoms with Gasteiger partial charge >= 0.3 is 0 Å². The number of nitrogens with one attached hydrogen (secondary N) is 1. The Morgan fingerprint density at radius 1 is 1.35 bits per heavy atom. The van der Waals surface area contributed by atoms with Gasteiger partial charge in [-0.05, 0) is 23.8 Å². The molecule has 3 nitrogen and oxygen atoms in total. The van der Waals surface area contributed by atoms with Gasteiger partial charge in [0, 0.05) is 23.4 Å². The molecule has 0 spiro atoms. The lowest BCUT2D eigenvalue weighted by Gasteiger charge is -2.09. The van der Waals surface area contributed by atoms with Gasteiger partial charge in [-0.15, -0.1) is 11.6 Å². The lowest BCUT2D eigenvalue weighted by Crippen LogP contribution is -2.20. The van der Waals surface area contributed by atoms with Gasteiger partial charge in [-0.25, -0.2) is 0 Å². The molecular weight excluding hydrogens is 305 g/mol. The molecule has 1 aromatic carbocycles. The lowest BCUT2D eigenvalue weighted by atomic mass is 10.2. The summed E-state index contributed by atoms with van der Waals surface area (Å²) in [6, 6.07) is 5.92. The van der Waals surface area contributed by atoms with E-state index in [0.29, 0.717) is 19.1 Å². The number of rotatable bonds is 8. The summed E-state index contributed by atoms with van der Waals surface area (Å²) in [5, 5.41) is 3.30. The molecular formula is C12H17BrClNO2. The molecule has 0 aliphatic rings. The molecule has 0 saturated heterocycles. The Balaban J connectivity index is 2.30. The monoisotopic (exact) mass is 321 g/mol. The first kappa shape index (κ1) is 14.8. The van der Waals surface area contributed by atoms with Crippen LogP contribution in [0.15, 0.2) is 22.7 Å². The van der Waals surface area contributed by atoms with Crippen LogP contribution in [0.2, 0.25) is 0 Å². The predicted octanol–water partition coefficient (Wildman–Crippen LogP) is 2.80. The molecule has 0 amide bonds.